The Kier molecular flexibility index (Phi) is 3.93. The SMILES string of the molecule is COC(=O)c1cc(Sc2nnc(C)n2C)c(F)cc1N. The maximum absolute atomic E-state index is 13.9. The number of hydrogen-bond acceptors (Lipinski definition) is 6. The fourth-order valence-electron chi connectivity index (χ4n) is 1.51. The number of anilines is 1. The van der Waals surface area contributed by atoms with Gasteiger partial charge in [0.05, 0.1) is 17.6 Å². The Labute approximate surface area is 119 Å². The lowest BCUT2D eigenvalue weighted by molar-refractivity contribution is 0.0601. The molecule has 0 aliphatic rings. The van der Waals surface area contributed by atoms with E-state index in [9.17, 15) is 9.18 Å². The molecule has 0 bridgehead atoms. The number of esters is 1. The molecule has 0 fully saturated rings. The molecule has 0 saturated carbocycles. The molecule has 20 heavy (non-hydrogen) atoms. The van der Waals surface area contributed by atoms with Crippen molar-refractivity contribution in [2.24, 2.45) is 7.05 Å². The first-order valence-electron chi connectivity index (χ1n) is 5.65. The predicted molar refractivity (Wildman–Crippen MR) is 72.0 cm³/mol. The second-order valence-corrected chi connectivity index (χ2v) is 5.06. The van der Waals surface area contributed by atoms with Crippen molar-refractivity contribution in [3.8, 4) is 0 Å². The number of rotatable bonds is 3. The molecule has 0 radical (unpaired) electrons. The van der Waals surface area contributed by atoms with Crippen LogP contribution in [0.25, 0.3) is 0 Å². The van der Waals surface area contributed by atoms with Gasteiger partial charge in [-0.2, -0.15) is 0 Å². The van der Waals surface area contributed by atoms with Crippen molar-refractivity contribution in [1.29, 1.82) is 0 Å². The summed E-state index contributed by atoms with van der Waals surface area (Å²) < 4.78 is 20.2. The van der Waals surface area contributed by atoms with Crippen LogP contribution < -0.4 is 5.73 Å². The van der Waals surface area contributed by atoms with Gasteiger partial charge in [0.1, 0.15) is 11.6 Å². The summed E-state index contributed by atoms with van der Waals surface area (Å²) in [6.07, 6.45) is 0. The van der Waals surface area contributed by atoms with E-state index in [1.807, 2.05) is 0 Å². The largest absolute Gasteiger partial charge is 0.465 e. The lowest BCUT2D eigenvalue weighted by Gasteiger charge is -2.08. The Morgan fingerprint density at radius 2 is 2.15 bits per heavy atom. The zero-order valence-corrected chi connectivity index (χ0v) is 12.0. The Balaban J connectivity index is 2.41. The summed E-state index contributed by atoms with van der Waals surface area (Å²) in [5.74, 6) is -0.434. The van der Waals surface area contributed by atoms with E-state index < -0.39 is 11.8 Å². The summed E-state index contributed by atoms with van der Waals surface area (Å²) in [7, 11) is 3.01. The van der Waals surface area contributed by atoms with Crippen molar-refractivity contribution in [2.75, 3.05) is 12.8 Å². The van der Waals surface area contributed by atoms with E-state index in [2.05, 4.69) is 14.9 Å². The first-order chi connectivity index (χ1) is 9.43. The molecule has 2 aromatic rings. The highest BCUT2D eigenvalue weighted by Crippen LogP contribution is 2.31. The minimum Gasteiger partial charge on any atom is -0.465 e. The van der Waals surface area contributed by atoms with E-state index in [1.54, 1.807) is 18.5 Å². The summed E-state index contributed by atoms with van der Waals surface area (Å²) >= 11 is 1.06. The fraction of sp³-hybridized carbons (Fsp3) is 0.250. The summed E-state index contributed by atoms with van der Waals surface area (Å²) in [6.45, 7) is 1.79. The van der Waals surface area contributed by atoms with Gasteiger partial charge >= 0.3 is 5.97 Å². The van der Waals surface area contributed by atoms with Crippen LogP contribution in [0.1, 0.15) is 16.2 Å². The van der Waals surface area contributed by atoms with E-state index in [0.29, 0.717) is 11.0 Å². The molecule has 1 heterocycles. The van der Waals surface area contributed by atoms with Crippen molar-refractivity contribution in [1.82, 2.24) is 14.8 Å². The molecule has 1 aromatic carbocycles. The van der Waals surface area contributed by atoms with Crippen LogP contribution in [0.2, 0.25) is 0 Å². The number of ether oxygens (including phenoxy) is 1. The molecule has 6 nitrogen and oxygen atoms in total. The summed E-state index contributed by atoms with van der Waals surface area (Å²) in [6, 6.07) is 2.45. The van der Waals surface area contributed by atoms with Gasteiger partial charge < -0.3 is 15.0 Å². The third-order valence-corrected chi connectivity index (χ3v) is 3.83. The number of hydrogen-bond donors (Lipinski definition) is 1. The maximum atomic E-state index is 13.9. The molecule has 1 aromatic heterocycles. The van der Waals surface area contributed by atoms with Crippen molar-refractivity contribution < 1.29 is 13.9 Å². The highest BCUT2D eigenvalue weighted by Gasteiger charge is 2.17. The molecule has 2 rings (SSSR count). The smallest absolute Gasteiger partial charge is 0.339 e. The number of nitrogens with zero attached hydrogens (tertiary/aromatic N) is 3. The van der Waals surface area contributed by atoms with Gasteiger partial charge in [0, 0.05) is 12.7 Å². The zero-order chi connectivity index (χ0) is 14.9. The first-order valence-corrected chi connectivity index (χ1v) is 6.47. The minimum atomic E-state index is -0.613. The molecule has 0 spiro atoms. The monoisotopic (exact) mass is 296 g/mol. The number of nitrogens with two attached hydrogens (primary N) is 1. The Bertz CT molecular complexity index is 672. The maximum Gasteiger partial charge on any atom is 0.339 e. The molecule has 0 atom stereocenters. The van der Waals surface area contributed by atoms with Gasteiger partial charge in [-0.1, -0.05) is 0 Å². The quantitative estimate of drug-likeness (QED) is 0.686. The van der Waals surface area contributed by atoms with Gasteiger partial charge in [-0.25, -0.2) is 9.18 Å². The molecule has 0 aliphatic heterocycles. The molecular weight excluding hydrogens is 283 g/mol. The lowest BCUT2D eigenvalue weighted by Crippen LogP contribution is -2.06. The average molecular weight is 296 g/mol. The number of carbonyl (C=O) groups is 1. The topological polar surface area (TPSA) is 83.0 Å². The van der Waals surface area contributed by atoms with Crippen LogP contribution in [0.3, 0.4) is 0 Å². The molecule has 0 unspecified atom stereocenters. The number of methoxy groups -OCH3 is 1. The second kappa shape index (κ2) is 5.49. The van der Waals surface area contributed by atoms with E-state index in [1.165, 1.54) is 13.2 Å². The second-order valence-electron chi connectivity index (χ2n) is 4.05. The molecule has 2 N–H and O–H groups in total. The van der Waals surface area contributed by atoms with Crippen LogP contribution in [0.5, 0.6) is 0 Å². The molecular formula is C12H13FN4O2S. The third kappa shape index (κ3) is 2.60. The van der Waals surface area contributed by atoms with Crippen LogP contribution >= 0.6 is 11.8 Å². The molecule has 106 valence electrons. The van der Waals surface area contributed by atoms with Gasteiger partial charge in [0.15, 0.2) is 5.16 Å². The molecule has 0 saturated heterocycles. The fourth-order valence-corrected chi connectivity index (χ4v) is 2.39. The predicted octanol–water partition coefficient (Wildman–Crippen LogP) is 1.78. The minimum absolute atomic E-state index is 0.0350. The summed E-state index contributed by atoms with van der Waals surface area (Å²) in [4.78, 5) is 11.8. The average Bonchev–Trinajstić information content (AvgIpc) is 2.72. The van der Waals surface area contributed by atoms with Crippen LogP contribution in [0.15, 0.2) is 22.2 Å². The standard InChI is InChI=1S/C12H13FN4O2S/c1-6-15-16-12(17(6)2)20-10-4-7(11(18)19-3)9(14)5-8(10)13/h4-5H,14H2,1-3H3. The van der Waals surface area contributed by atoms with E-state index >= 15 is 0 Å². The van der Waals surface area contributed by atoms with E-state index in [0.717, 1.165) is 17.8 Å². The van der Waals surface area contributed by atoms with Crippen molar-refractivity contribution in [3.05, 3.63) is 29.3 Å². The highest BCUT2D eigenvalue weighted by atomic mass is 32.2. The van der Waals surface area contributed by atoms with Crippen molar-refractivity contribution in [3.63, 3.8) is 0 Å². The number of benzene rings is 1. The van der Waals surface area contributed by atoms with Crippen molar-refractivity contribution >= 4 is 23.4 Å². The normalized spacial score (nSPS) is 10.6. The van der Waals surface area contributed by atoms with Crippen LogP contribution in [-0.2, 0) is 11.8 Å². The van der Waals surface area contributed by atoms with Gasteiger partial charge in [-0.05, 0) is 30.8 Å². The highest BCUT2D eigenvalue weighted by molar-refractivity contribution is 7.99. The Morgan fingerprint density at radius 3 is 2.70 bits per heavy atom. The van der Waals surface area contributed by atoms with Crippen LogP contribution in [0.4, 0.5) is 10.1 Å². The van der Waals surface area contributed by atoms with Crippen LogP contribution in [0, 0.1) is 12.7 Å². The number of halogens is 1. The van der Waals surface area contributed by atoms with Gasteiger partial charge in [-0.3, -0.25) is 0 Å². The van der Waals surface area contributed by atoms with Gasteiger partial charge in [-0.15, -0.1) is 10.2 Å². The number of nitrogen functional groups attached to an aromatic ring is 1. The Hall–Kier alpha value is -2.09. The lowest BCUT2D eigenvalue weighted by atomic mass is 10.2. The van der Waals surface area contributed by atoms with Gasteiger partial charge in [0.25, 0.3) is 0 Å². The number of aryl methyl sites for hydroxylation is 1. The third-order valence-electron chi connectivity index (χ3n) is 2.76. The van der Waals surface area contributed by atoms with Gasteiger partial charge in [0.2, 0.25) is 0 Å². The molecule has 8 heteroatoms. The first kappa shape index (κ1) is 14.3. The zero-order valence-electron chi connectivity index (χ0n) is 11.2. The summed E-state index contributed by atoms with van der Waals surface area (Å²) in [5, 5.41) is 8.33. The van der Waals surface area contributed by atoms with Crippen LogP contribution in [-0.4, -0.2) is 27.8 Å². The van der Waals surface area contributed by atoms with E-state index in [-0.39, 0.29) is 16.1 Å². The number of aromatic nitrogens is 3. The Morgan fingerprint density at radius 1 is 1.45 bits per heavy atom. The molecule has 0 amide bonds. The number of carbonyl (C=O) groups excluding carboxylic acids is 1. The summed E-state index contributed by atoms with van der Waals surface area (Å²) in [5.41, 5.74) is 5.77. The molecule has 0 aliphatic carbocycles. The van der Waals surface area contributed by atoms with E-state index in [4.69, 9.17) is 5.73 Å². The van der Waals surface area contributed by atoms with Crippen molar-refractivity contribution in [2.45, 2.75) is 17.0 Å².